The summed E-state index contributed by atoms with van der Waals surface area (Å²) in [7, 11) is 0. The van der Waals surface area contributed by atoms with Crippen LogP contribution in [0.1, 0.15) is 40.6 Å². The van der Waals surface area contributed by atoms with Crippen LogP contribution in [0.5, 0.6) is 0 Å². The zero-order valence-corrected chi connectivity index (χ0v) is 18.0. The second-order valence-corrected chi connectivity index (χ2v) is 8.68. The average molecular weight is 415 g/mol. The standard InChI is InChI=1S/C30H26N2/c1-3-11-22(12-4-1)21-32-29-18-10-8-16-25(29)26(23-13-5-2-6-14-23)19-30(32)27-20-31-28-17-9-7-15-24(27)28/h1-18,20,26,30-31H,19,21H2. The van der Waals surface area contributed by atoms with Crippen LogP contribution in [0, 0.1) is 0 Å². The summed E-state index contributed by atoms with van der Waals surface area (Å²) in [6, 6.07) is 39.8. The molecule has 4 aromatic carbocycles. The smallest absolute Gasteiger partial charge is 0.0576 e. The molecule has 0 bridgehead atoms. The minimum Gasteiger partial charge on any atom is -0.361 e. The highest BCUT2D eigenvalue weighted by Gasteiger charge is 2.35. The molecule has 2 unspecified atom stereocenters. The molecule has 2 atom stereocenters. The number of rotatable bonds is 4. The summed E-state index contributed by atoms with van der Waals surface area (Å²) in [5.74, 6) is 0.373. The van der Waals surface area contributed by atoms with Gasteiger partial charge in [-0.3, -0.25) is 0 Å². The molecule has 2 heteroatoms. The van der Waals surface area contributed by atoms with Crippen LogP contribution >= 0.6 is 0 Å². The van der Waals surface area contributed by atoms with E-state index in [1.54, 1.807) is 0 Å². The van der Waals surface area contributed by atoms with Crippen LogP contribution in [0.4, 0.5) is 5.69 Å². The number of aromatic nitrogens is 1. The Bertz CT molecular complexity index is 1340. The van der Waals surface area contributed by atoms with Crippen LogP contribution in [-0.2, 0) is 6.54 Å². The molecule has 2 nitrogen and oxygen atoms in total. The maximum absolute atomic E-state index is 3.52. The van der Waals surface area contributed by atoms with Crippen LogP contribution in [0.3, 0.4) is 0 Å². The van der Waals surface area contributed by atoms with E-state index in [0.717, 1.165) is 13.0 Å². The van der Waals surface area contributed by atoms with E-state index >= 15 is 0 Å². The van der Waals surface area contributed by atoms with Gasteiger partial charge in [-0.05, 0) is 40.8 Å². The first-order valence-electron chi connectivity index (χ1n) is 11.4. The van der Waals surface area contributed by atoms with E-state index in [2.05, 4.69) is 125 Å². The number of para-hydroxylation sites is 2. The zero-order valence-electron chi connectivity index (χ0n) is 18.0. The van der Waals surface area contributed by atoms with Gasteiger partial charge in [0.25, 0.3) is 0 Å². The highest BCUT2D eigenvalue weighted by Crippen LogP contribution is 2.49. The fraction of sp³-hybridized carbons (Fsp3) is 0.133. The summed E-state index contributed by atoms with van der Waals surface area (Å²) in [6.45, 7) is 0.892. The summed E-state index contributed by atoms with van der Waals surface area (Å²) in [4.78, 5) is 6.13. The SMILES string of the molecule is c1ccc(CN2c3ccccc3C(c3ccccc3)CC2c2c[nH]c3ccccc23)cc1. The van der Waals surface area contributed by atoms with Gasteiger partial charge >= 0.3 is 0 Å². The first kappa shape index (κ1) is 18.9. The lowest BCUT2D eigenvalue weighted by molar-refractivity contribution is 0.512. The van der Waals surface area contributed by atoms with Gasteiger partial charge in [-0.25, -0.2) is 0 Å². The molecule has 1 aliphatic heterocycles. The number of hydrogen-bond acceptors (Lipinski definition) is 1. The number of H-pyrrole nitrogens is 1. The first-order valence-corrected chi connectivity index (χ1v) is 11.4. The summed E-state index contributed by atoms with van der Waals surface area (Å²) in [5, 5.41) is 1.32. The molecule has 156 valence electrons. The third-order valence-corrected chi connectivity index (χ3v) is 6.83. The van der Waals surface area contributed by atoms with Gasteiger partial charge in [-0.15, -0.1) is 0 Å². The molecule has 1 aliphatic rings. The number of anilines is 1. The molecule has 0 saturated heterocycles. The van der Waals surface area contributed by atoms with E-state index in [1.165, 1.54) is 38.8 Å². The van der Waals surface area contributed by atoms with Crippen LogP contribution in [-0.4, -0.2) is 4.98 Å². The van der Waals surface area contributed by atoms with Gasteiger partial charge in [0.15, 0.2) is 0 Å². The average Bonchev–Trinajstić information content (AvgIpc) is 3.29. The quantitative estimate of drug-likeness (QED) is 0.323. The molecule has 0 spiro atoms. The van der Waals surface area contributed by atoms with Crippen molar-refractivity contribution < 1.29 is 0 Å². The van der Waals surface area contributed by atoms with Crippen molar-refractivity contribution in [3.63, 3.8) is 0 Å². The van der Waals surface area contributed by atoms with E-state index < -0.39 is 0 Å². The number of nitrogens with one attached hydrogen (secondary N) is 1. The molecule has 0 fully saturated rings. The van der Waals surface area contributed by atoms with Crippen molar-refractivity contribution in [3.05, 3.63) is 138 Å². The maximum atomic E-state index is 3.52. The predicted molar refractivity (Wildman–Crippen MR) is 133 cm³/mol. The molecule has 0 radical (unpaired) electrons. The summed E-state index contributed by atoms with van der Waals surface area (Å²) >= 11 is 0. The predicted octanol–water partition coefficient (Wildman–Crippen LogP) is 7.45. The topological polar surface area (TPSA) is 19.0 Å². The number of benzene rings is 4. The minimum absolute atomic E-state index is 0.284. The third-order valence-electron chi connectivity index (χ3n) is 6.83. The van der Waals surface area contributed by atoms with E-state index in [9.17, 15) is 0 Å². The highest BCUT2D eigenvalue weighted by molar-refractivity contribution is 5.84. The van der Waals surface area contributed by atoms with Gasteiger partial charge in [0.1, 0.15) is 0 Å². The molecular weight excluding hydrogens is 388 g/mol. The van der Waals surface area contributed by atoms with E-state index in [0.29, 0.717) is 5.92 Å². The van der Waals surface area contributed by atoms with Crippen LogP contribution in [0.2, 0.25) is 0 Å². The van der Waals surface area contributed by atoms with E-state index in [-0.39, 0.29) is 6.04 Å². The molecular formula is C30H26N2. The first-order chi connectivity index (χ1) is 15.9. The normalized spacial score (nSPS) is 17.9. The lowest BCUT2D eigenvalue weighted by Crippen LogP contribution is -2.34. The number of nitrogens with zero attached hydrogens (tertiary/aromatic N) is 1. The Kier molecular flexibility index (Phi) is 4.77. The molecule has 32 heavy (non-hydrogen) atoms. The van der Waals surface area contributed by atoms with E-state index in [4.69, 9.17) is 0 Å². The monoisotopic (exact) mass is 414 g/mol. The zero-order chi connectivity index (χ0) is 21.3. The minimum atomic E-state index is 0.284. The molecule has 5 aromatic rings. The third kappa shape index (κ3) is 3.29. The molecule has 1 aromatic heterocycles. The molecule has 6 rings (SSSR count). The summed E-state index contributed by atoms with van der Waals surface area (Å²) in [5.41, 5.74) is 8.08. The molecule has 2 heterocycles. The van der Waals surface area contributed by atoms with Crippen molar-refractivity contribution in [2.75, 3.05) is 4.90 Å². The lowest BCUT2D eigenvalue weighted by Gasteiger charge is -2.43. The number of aromatic amines is 1. The number of hydrogen-bond donors (Lipinski definition) is 1. The van der Waals surface area contributed by atoms with Crippen LogP contribution in [0.25, 0.3) is 10.9 Å². The highest BCUT2D eigenvalue weighted by atomic mass is 15.2. The van der Waals surface area contributed by atoms with Gasteiger partial charge in [-0.2, -0.15) is 0 Å². The van der Waals surface area contributed by atoms with Crippen molar-refractivity contribution in [1.82, 2.24) is 4.98 Å². The Morgan fingerprint density at radius 3 is 2.22 bits per heavy atom. The second kappa shape index (κ2) is 8.05. The second-order valence-electron chi connectivity index (χ2n) is 8.68. The molecule has 0 amide bonds. The van der Waals surface area contributed by atoms with Crippen LogP contribution < -0.4 is 4.90 Å². The Morgan fingerprint density at radius 1 is 0.688 bits per heavy atom. The Hall–Kier alpha value is -3.78. The Labute approximate surface area is 189 Å². The Morgan fingerprint density at radius 2 is 1.38 bits per heavy atom. The van der Waals surface area contributed by atoms with Crippen molar-refractivity contribution in [3.8, 4) is 0 Å². The van der Waals surface area contributed by atoms with Crippen LogP contribution in [0.15, 0.2) is 115 Å². The molecule has 0 saturated carbocycles. The van der Waals surface area contributed by atoms with Crippen molar-refractivity contribution in [2.45, 2.75) is 24.9 Å². The van der Waals surface area contributed by atoms with Crippen molar-refractivity contribution in [2.24, 2.45) is 0 Å². The largest absolute Gasteiger partial charge is 0.361 e. The van der Waals surface area contributed by atoms with Crippen molar-refractivity contribution in [1.29, 1.82) is 0 Å². The summed E-state index contributed by atoms with van der Waals surface area (Å²) in [6.07, 6.45) is 3.28. The molecule has 0 aliphatic carbocycles. The van der Waals surface area contributed by atoms with Gasteiger partial charge in [0.2, 0.25) is 0 Å². The fourth-order valence-electron chi connectivity index (χ4n) is 5.33. The van der Waals surface area contributed by atoms with Gasteiger partial charge in [0, 0.05) is 35.2 Å². The van der Waals surface area contributed by atoms with E-state index in [1.807, 2.05) is 0 Å². The fourth-order valence-corrected chi connectivity index (χ4v) is 5.33. The van der Waals surface area contributed by atoms with Crippen molar-refractivity contribution >= 4 is 16.6 Å². The maximum Gasteiger partial charge on any atom is 0.0576 e. The number of fused-ring (bicyclic) bond motifs is 2. The molecule has 1 N–H and O–H groups in total. The summed E-state index contributed by atoms with van der Waals surface area (Å²) < 4.78 is 0. The lowest BCUT2D eigenvalue weighted by atomic mass is 9.79. The Balaban J connectivity index is 1.53. The van der Waals surface area contributed by atoms with Gasteiger partial charge in [-0.1, -0.05) is 97.1 Å². The van der Waals surface area contributed by atoms with Gasteiger partial charge in [0.05, 0.1) is 6.04 Å². The van der Waals surface area contributed by atoms with Gasteiger partial charge < -0.3 is 9.88 Å².